The summed E-state index contributed by atoms with van der Waals surface area (Å²) in [5.74, 6) is 1.28. The van der Waals surface area contributed by atoms with E-state index in [-0.39, 0.29) is 29.0 Å². The van der Waals surface area contributed by atoms with E-state index in [4.69, 9.17) is 9.47 Å². The predicted molar refractivity (Wildman–Crippen MR) is 123 cm³/mol. The average molecular weight is 436 g/mol. The van der Waals surface area contributed by atoms with Crippen molar-refractivity contribution in [2.75, 3.05) is 20.7 Å². The highest BCUT2D eigenvalue weighted by molar-refractivity contribution is 5.79. The van der Waals surface area contributed by atoms with Gasteiger partial charge >= 0.3 is 0 Å². The molecule has 3 aliphatic rings. The summed E-state index contributed by atoms with van der Waals surface area (Å²) in [5.41, 5.74) is 3.13. The topological polar surface area (TPSA) is 59.0 Å². The molecule has 0 radical (unpaired) electrons. The Balaban J connectivity index is 1.55. The van der Waals surface area contributed by atoms with E-state index in [1.165, 1.54) is 5.56 Å². The molecule has 0 aromatic heterocycles. The minimum Gasteiger partial charge on any atom is -0.504 e. The summed E-state index contributed by atoms with van der Waals surface area (Å²) in [5, 5.41) is 11.5. The van der Waals surface area contributed by atoms with E-state index in [1.54, 1.807) is 14.0 Å². The molecule has 5 nitrogen and oxygen atoms in total. The van der Waals surface area contributed by atoms with E-state index < -0.39 is 0 Å². The maximum Gasteiger partial charge on any atom is 0.161 e. The molecule has 1 heterocycles. The van der Waals surface area contributed by atoms with E-state index in [9.17, 15) is 9.90 Å². The smallest absolute Gasteiger partial charge is 0.161 e. The summed E-state index contributed by atoms with van der Waals surface area (Å²) < 4.78 is 12.0. The van der Waals surface area contributed by atoms with Gasteiger partial charge in [0.15, 0.2) is 11.5 Å². The minimum atomic E-state index is -0.187. The van der Waals surface area contributed by atoms with Gasteiger partial charge in [-0.15, -0.1) is 0 Å². The van der Waals surface area contributed by atoms with E-state index in [0.29, 0.717) is 24.3 Å². The number of fused-ring (bicyclic) bond motifs is 1. The molecule has 2 aliphatic carbocycles. The SMILES string of the molecule is COC1CC23CCN(C)C(Cc4ccc(OCc5ccccc5)c(O)c42)C3C[C@@H]1C(C)=O. The molecule has 1 N–H and O–H groups in total. The van der Waals surface area contributed by atoms with Crippen molar-refractivity contribution in [3.63, 3.8) is 0 Å². The van der Waals surface area contributed by atoms with Gasteiger partial charge in [-0.2, -0.15) is 0 Å². The molecular weight excluding hydrogens is 402 g/mol. The van der Waals surface area contributed by atoms with Crippen molar-refractivity contribution in [2.24, 2.45) is 11.8 Å². The van der Waals surface area contributed by atoms with Crippen LogP contribution in [-0.4, -0.2) is 48.6 Å². The Labute approximate surface area is 190 Å². The number of ketones is 1. The van der Waals surface area contributed by atoms with Crippen molar-refractivity contribution in [1.29, 1.82) is 0 Å². The van der Waals surface area contributed by atoms with Crippen LogP contribution >= 0.6 is 0 Å². The van der Waals surface area contributed by atoms with Gasteiger partial charge < -0.3 is 19.5 Å². The fourth-order valence-electron chi connectivity index (χ4n) is 6.77. The third kappa shape index (κ3) is 3.34. The highest BCUT2D eigenvalue weighted by atomic mass is 16.5. The summed E-state index contributed by atoms with van der Waals surface area (Å²) in [6.45, 7) is 3.09. The number of phenols is 1. The Hall–Kier alpha value is -2.37. The molecule has 1 aliphatic heterocycles. The Morgan fingerprint density at radius 3 is 2.72 bits per heavy atom. The Bertz CT molecular complexity index is 1010. The first kappa shape index (κ1) is 21.5. The zero-order valence-corrected chi connectivity index (χ0v) is 19.2. The summed E-state index contributed by atoms with van der Waals surface area (Å²) >= 11 is 0. The highest BCUT2D eigenvalue weighted by Crippen LogP contribution is 2.60. The second-order valence-corrected chi connectivity index (χ2v) is 9.92. The largest absolute Gasteiger partial charge is 0.504 e. The number of aromatic hydroxyl groups is 1. The number of ether oxygens (including phenoxy) is 2. The van der Waals surface area contributed by atoms with Crippen molar-refractivity contribution in [3.8, 4) is 11.5 Å². The van der Waals surface area contributed by atoms with E-state index in [2.05, 4.69) is 18.0 Å². The molecule has 170 valence electrons. The van der Waals surface area contributed by atoms with Crippen molar-refractivity contribution in [1.82, 2.24) is 4.90 Å². The van der Waals surface area contributed by atoms with Gasteiger partial charge in [0.1, 0.15) is 12.4 Å². The number of likely N-dealkylation sites (N-methyl/N-ethyl adjacent to an activating group) is 1. The third-order valence-corrected chi connectivity index (χ3v) is 8.39. The number of likely N-dealkylation sites (tertiary alicyclic amines) is 1. The Kier molecular flexibility index (Phi) is 5.50. The maximum atomic E-state index is 12.5. The van der Waals surface area contributed by atoms with Crippen LogP contribution in [0.3, 0.4) is 0 Å². The minimum absolute atomic E-state index is 0.0756. The number of rotatable bonds is 5. The number of nitrogens with zero attached hydrogens (tertiary/aromatic N) is 1. The molecule has 2 bridgehead atoms. The lowest BCUT2D eigenvalue weighted by Crippen LogP contribution is -2.63. The molecule has 5 atom stereocenters. The first-order valence-electron chi connectivity index (χ1n) is 11.7. The van der Waals surface area contributed by atoms with Crippen molar-refractivity contribution in [3.05, 3.63) is 59.2 Å². The number of carbonyl (C=O) groups is 1. The van der Waals surface area contributed by atoms with Gasteiger partial charge in [0, 0.05) is 30.0 Å². The van der Waals surface area contributed by atoms with Gasteiger partial charge in [-0.3, -0.25) is 4.79 Å². The first-order chi connectivity index (χ1) is 15.4. The summed E-state index contributed by atoms with van der Waals surface area (Å²) in [4.78, 5) is 14.9. The van der Waals surface area contributed by atoms with Gasteiger partial charge in [-0.25, -0.2) is 0 Å². The number of phenolic OH excluding ortho intramolecular Hbond substituents is 1. The molecule has 5 rings (SSSR count). The lowest BCUT2D eigenvalue weighted by Gasteiger charge is -2.60. The number of benzene rings is 2. The van der Waals surface area contributed by atoms with Gasteiger partial charge in [0.05, 0.1) is 6.10 Å². The van der Waals surface area contributed by atoms with Gasteiger partial charge in [-0.05, 0) is 69.3 Å². The number of Topliss-reactive ketones (excluding diaryl/α,β-unsaturated/α-hetero) is 1. The average Bonchev–Trinajstić information content (AvgIpc) is 2.80. The molecule has 4 unspecified atom stereocenters. The molecular formula is C27H33NO4. The number of piperidine rings is 1. The normalized spacial score (nSPS) is 31.5. The second kappa shape index (κ2) is 8.20. The van der Waals surface area contributed by atoms with Crippen LogP contribution in [0.25, 0.3) is 0 Å². The third-order valence-electron chi connectivity index (χ3n) is 8.39. The van der Waals surface area contributed by atoms with Crippen LogP contribution < -0.4 is 4.74 Å². The van der Waals surface area contributed by atoms with Crippen LogP contribution in [0.2, 0.25) is 0 Å². The van der Waals surface area contributed by atoms with Crippen LogP contribution in [0, 0.1) is 11.8 Å². The molecule has 1 saturated heterocycles. The van der Waals surface area contributed by atoms with Crippen LogP contribution in [0.1, 0.15) is 42.9 Å². The predicted octanol–water partition coefficient (Wildman–Crippen LogP) is 4.10. The first-order valence-corrected chi connectivity index (χ1v) is 11.7. The van der Waals surface area contributed by atoms with Crippen LogP contribution in [0.4, 0.5) is 0 Å². The maximum absolute atomic E-state index is 12.5. The Morgan fingerprint density at radius 2 is 2.00 bits per heavy atom. The quantitative estimate of drug-likeness (QED) is 0.766. The number of hydrogen-bond acceptors (Lipinski definition) is 5. The van der Waals surface area contributed by atoms with Crippen molar-refractivity contribution in [2.45, 2.75) is 56.8 Å². The number of carbonyl (C=O) groups excluding carboxylic acids is 1. The summed E-state index contributed by atoms with van der Waals surface area (Å²) in [6.07, 6.45) is 3.32. The molecule has 0 spiro atoms. The Morgan fingerprint density at radius 1 is 1.22 bits per heavy atom. The molecule has 2 aromatic carbocycles. The van der Waals surface area contributed by atoms with Crippen LogP contribution in [0.5, 0.6) is 11.5 Å². The molecule has 2 fully saturated rings. The molecule has 1 saturated carbocycles. The lowest BCUT2D eigenvalue weighted by molar-refractivity contribution is -0.135. The van der Waals surface area contributed by atoms with E-state index in [1.807, 2.05) is 36.4 Å². The standard InChI is InChI=1S/C27H33NO4/c1-17(29)20-14-21-22-13-19-9-10-23(32-16-18-7-5-4-6-8-18)26(30)25(19)27(21,11-12-28(22)2)15-24(20)31-3/h4-10,20-22,24,30H,11-16H2,1-3H3/t20-,21?,22?,24?,27?/m1/s1. The van der Waals surface area contributed by atoms with Gasteiger partial charge in [-0.1, -0.05) is 36.4 Å². The second-order valence-electron chi connectivity index (χ2n) is 9.92. The van der Waals surface area contributed by atoms with Gasteiger partial charge in [0.25, 0.3) is 0 Å². The lowest BCUT2D eigenvalue weighted by atomic mass is 9.49. The zero-order valence-electron chi connectivity index (χ0n) is 19.2. The van der Waals surface area contributed by atoms with E-state index in [0.717, 1.165) is 43.4 Å². The molecule has 32 heavy (non-hydrogen) atoms. The van der Waals surface area contributed by atoms with Gasteiger partial charge in [0.2, 0.25) is 0 Å². The van der Waals surface area contributed by atoms with Crippen LogP contribution in [-0.2, 0) is 28.0 Å². The molecule has 0 amide bonds. The molecule has 5 heteroatoms. The molecule has 2 aromatic rings. The van der Waals surface area contributed by atoms with E-state index >= 15 is 0 Å². The number of methoxy groups -OCH3 is 1. The highest BCUT2D eigenvalue weighted by Gasteiger charge is 2.59. The summed E-state index contributed by atoms with van der Waals surface area (Å²) in [7, 11) is 3.91. The zero-order chi connectivity index (χ0) is 22.5. The number of hydrogen-bond donors (Lipinski definition) is 1. The summed E-state index contributed by atoms with van der Waals surface area (Å²) in [6, 6.07) is 14.5. The van der Waals surface area contributed by atoms with Crippen molar-refractivity contribution >= 4 is 5.78 Å². The fraction of sp³-hybridized carbons (Fsp3) is 0.519. The van der Waals surface area contributed by atoms with Crippen molar-refractivity contribution < 1.29 is 19.4 Å². The fourth-order valence-corrected chi connectivity index (χ4v) is 6.77. The van der Waals surface area contributed by atoms with Crippen LogP contribution in [0.15, 0.2) is 42.5 Å². The monoisotopic (exact) mass is 435 g/mol.